The molecule has 616 valence electrons. The van der Waals surface area contributed by atoms with Gasteiger partial charge >= 0.3 is 65.7 Å². The van der Waals surface area contributed by atoms with Crippen LogP contribution in [-0.4, -0.2) is 156 Å². The number of hydrogen-bond acceptors (Lipinski definition) is 24. The second-order valence-corrected chi connectivity index (χ2v) is 28.3. The molecule has 0 amide bonds. The van der Waals surface area contributed by atoms with Crippen LogP contribution in [0.2, 0.25) is 0 Å². The molecule has 0 bridgehead atoms. The highest BCUT2D eigenvalue weighted by Crippen LogP contribution is 2.22. The molecule has 0 rings (SSSR count). The Labute approximate surface area is 636 Å². The fourth-order valence-electron chi connectivity index (χ4n) is 10.7. The maximum absolute atomic E-state index is 12.1. The number of aliphatic hydroxyl groups is 1. The predicted octanol–water partition coefficient (Wildman–Crippen LogP) is 17.0. The molecule has 24 heteroatoms. The first-order chi connectivity index (χ1) is 51.4. The van der Waals surface area contributed by atoms with Crippen LogP contribution in [0.4, 0.5) is 0 Å². The van der Waals surface area contributed by atoms with E-state index in [1.807, 2.05) is 20.8 Å². The minimum atomic E-state index is -0.921. The molecule has 0 spiro atoms. The van der Waals surface area contributed by atoms with Gasteiger partial charge in [-0.15, -0.1) is 0 Å². The summed E-state index contributed by atoms with van der Waals surface area (Å²) in [7, 11) is 0. The summed E-state index contributed by atoms with van der Waals surface area (Å²) >= 11 is 0. The van der Waals surface area contributed by atoms with Gasteiger partial charge in [-0.1, -0.05) is 78.1 Å². The molecule has 0 aliphatic carbocycles. The van der Waals surface area contributed by atoms with E-state index in [-0.39, 0.29) is 144 Å². The Balaban J connectivity index is 3.53. The van der Waals surface area contributed by atoms with E-state index in [0.29, 0.717) is 226 Å². The van der Waals surface area contributed by atoms with Crippen molar-refractivity contribution in [2.45, 2.75) is 374 Å². The Bertz CT molecular complexity index is 2240. The molecular formula is C82H144O24. The second kappa shape index (κ2) is 74.5. The van der Waals surface area contributed by atoms with Crippen LogP contribution < -0.4 is 0 Å². The average molecular weight is 1510 g/mol. The van der Waals surface area contributed by atoms with Crippen molar-refractivity contribution in [1.29, 1.82) is 0 Å². The number of ether oxygens (including phenoxy) is 12. The summed E-state index contributed by atoms with van der Waals surface area (Å²) < 4.78 is 63.8. The van der Waals surface area contributed by atoms with Gasteiger partial charge in [-0.05, 0) is 219 Å². The number of esters is 11. The molecule has 106 heavy (non-hydrogen) atoms. The van der Waals surface area contributed by atoms with Gasteiger partial charge in [0.05, 0.1) is 78.1 Å². The molecule has 0 saturated carbocycles. The summed E-state index contributed by atoms with van der Waals surface area (Å²) in [6.07, 6.45) is 36.4. The van der Waals surface area contributed by atoms with Gasteiger partial charge in [-0.2, -0.15) is 0 Å². The minimum absolute atomic E-state index is 0.152. The lowest BCUT2D eigenvalue weighted by molar-refractivity contribution is -0.155. The molecule has 0 aliphatic heterocycles. The van der Waals surface area contributed by atoms with Gasteiger partial charge in [0, 0.05) is 77.2 Å². The standard InChI is InChI=1S/C82H144O24/c1-5-7-8-9-10-11-12-13-14-35-58-95-70(83)47-25-15-36-59-96-71(84)48-26-16-37-60-97-72(85)49-27-17-38-61-98-73(86)50-28-18-39-62-99-74(87)51-29-19-40-63-100-75(88)52-30-20-41-64-101-76(89)53-31-21-42-65-102-77(90)54-32-22-43-66-103-78(91)55-33-23-44-67-104-79(92)56-34-24-45-68-105-80(93)57-46-69-106-81(94)82(3,4)6-2/h80,93H,5-69H2,1-4H3. The van der Waals surface area contributed by atoms with Crippen molar-refractivity contribution in [2.24, 2.45) is 5.41 Å². The van der Waals surface area contributed by atoms with Gasteiger partial charge in [0.1, 0.15) is 0 Å². The van der Waals surface area contributed by atoms with Crippen molar-refractivity contribution >= 4 is 65.7 Å². The van der Waals surface area contributed by atoms with E-state index in [9.17, 15) is 57.8 Å². The first-order valence-electron chi connectivity index (χ1n) is 41.4. The molecule has 0 heterocycles. The molecule has 0 radical (unpaired) electrons. The number of carbonyl (C=O) groups excluding carboxylic acids is 11. The van der Waals surface area contributed by atoms with Gasteiger partial charge < -0.3 is 61.9 Å². The minimum Gasteiger partial charge on any atom is -0.466 e. The van der Waals surface area contributed by atoms with Crippen LogP contribution in [0.15, 0.2) is 0 Å². The predicted molar refractivity (Wildman–Crippen MR) is 402 cm³/mol. The van der Waals surface area contributed by atoms with Gasteiger partial charge in [-0.25, -0.2) is 0 Å². The molecule has 0 aromatic heterocycles. The third-order valence-corrected chi connectivity index (χ3v) is 18.0. The van der Waals surface area contributed by atoms with E-state index in [1.54, 1.807) is 0 Å². The zero-order chi connectivity index (χ0) is 77.9. The molecule has 0 saturated heterocycles. The lowest BCUT2D eigenvalue weighted by Crippen LogP contribution is -2.26. The SMILES string of the molecule is CCCCCCCCCCCCOC(=O)CCCCCOC(=O)CCCCCOC(=O)CCCCCOC(=O)CCCCCOC(=O)CCCCCOC(=O)CCCCCOC(=O)CCCCCOC(=O)CCCCCOC(=O)CCCCCOC(=O)CCCCCOC(O)CCCOC(=O)C(C)(C)CC. The molecule has 0 fully saturated rings. The first-order valence-corrected chi connectivity index (χ1v) is 41.4. The van der Waals surface area contributed by atoms with E-state index in [4.69, 9.17) is 56.8 Å². The molecule has 1 N–H and O–H groups in total. The largest absolute Gasteiger partial charge is 0.466 e. The summed E-state index contributed by atoms with van der Waals surface area (Å²) in [5.74, 6) is -2.84. The zero-order valence-corrected chi connectivity index (χ0v) is 66.4. The third kappa shape index (κ3) is 72.3. The summed E-state index contributed by atoms with van der Waals surface area (Å²) in [5, 5.41) is 9.98. The Morgan fingerprint density at radius 3 is 0.594 bits per heavy atom. The highest BCUT2D eigenvalue weighted by Gasteiger charge is 2.27. The topological polar surface area (TPSA) is 319 Å². The van der Waals surface area contributed by atoms with E-state index >= 15 is 0 Å². The number of aliphatic hydroxyl groups excluding tert-OH is 1. The summed E-state index contributed by atoms with van der Waals surface area (Å²) in [5.41, 5.74) is -0.516. The van der Waals surface area contributed by atoms with E-state index in [0.717, 1.165) is 64.2 Å². The molecule has 0 aliphatic rings. The molecule has 1 unspecified atom stereocenters. The Morgan fingerprint density at radius 2 is 0.396 bits per heavy atom. The van der Waals surface area contributed by atoms with E-state index < -0.39 is 11.7 Å². The van der Waals surface area contributed by atoms with Crippen LogP contribution in [0.3, 0.4) is 0 Å². The third-order valence-electron chi connectivity index (χ3n) is 18.0. The zero-order valence-electron chi connectivity index (χ0n) is 66.4. The quantitative estimate of drug-likeness (QED) is 0.0256. The van der Waals surface area contributed by atoms with Gasteiger partial charge in [0.25, 0.3) is 0 Å². The lowest BCUT2D eigenvalue weighted by atomic mass is 9.91. The fourth-order valence-corrected chi connectivity index (χ4v) is 10.7. The number of rotatable bonds is 78. The van der Waals surface area contributed by atoms with Crippen molar-refractivity contribution in [1.82, 2.24) is 0 Å². The molecule has 1 atom stereocenters. The number of carbonyl (C=O) groups is 11. The average Bonchev–Trinajstić information content (AvgIpc) is 0.904. The van der Waals surface area contributed by atoms with Crippen LogP contribution in [0.25, 0.3) is 0 Å². The van der Waals surface area contributed by atoms with Crippen molar-refractivity contribution in [3.05, 3.63) is 0 Å². The fraction of sp³-hybridized carbons (Fsp3) is 0.866. The lowest BCUT2D eigenvalue weighted by Gasteiger charge is -2.20. The number of unbranched alkanes of at least 4 members (excludes halogenated alkanes) is 29. The van der Waals surface area contributed by atoms with Crippen molar-refractivity contribution in [2.75, 3.05) is 79.3 Å². The Kier molecular flexibility index (Phi) is 70.4. The second-order valence-electron chi connectivity index (χ2n) is 28.3. The van der Waals surface area contributed by atoms with Gasteiger partial charge in [0.2, 0.25) is 0 Å². The first kappa shape index (κ1) is 100. The van der Waals surface area contributed by atoms with Crippen molar-refractivity contribution in [3.63, 3.8) is 0 Å². The Morgan fingerprint density at radius 1 is 0.226 bits per heavy atom. The molecule has 24 nitrogen and oxygen atoms in total. The van der Waals surface area contributed by atoms with E-state index in [2.05, 4.69) is 6.92 Å². The van der Waals surface area contributed by atoms with Crippen molar-refractivity contribution < 1.29 is 115 Å². The molecular weight excluding hydrogens is 1370 g/mol. The van der Waals surface area contributed by atoms with E-state index in [1.165, 1.54) is 51.4 Å². The van der Waals surface area contributed by atoms with Crippen molar-refractivity contribution in [3.8, 4) is 0 Å². The van der Waals surface area contributed by atoms with Crippen LogP contribution in [-0.2, 0) is 110 Å². The van der Waals surface area contributed by atoms with Crippen LogP contribution in [0, 0.1) is 5.41 Å². The maximum atomic E-state index is 12.1. The summed E-state index contributed by atoms with van der Waals surface area (Å²) in [6.45, 7) is 11.6. The van der Waals surface area contributed by atoms with Crippen LogP contribution in [0.1, 0.15) is 368 Å². The monoisotopic (exact) mass is 1510 g/mol. The highest BCUT2D eigenvalue weighted by molar-refractivity contribution is 5.76. The van der Waals surface area contributed by atoms with Gasteiger partial charge in [-0.3, -0.25) is 52.7 Å². The maximum Gasteiger partial charge on any atom is 0.311 e. The number of hydrogen-bond donors (Lipinski definition) is 1. The smallest absolute Gasteiger partial charge is 0.311 e. The van der Waals surface area contributed by atoms with Crippen LogP contribution >= 0.6 is 0 Å². The summed E-state index contributed by atoms with van der Waals surface area (Å²) in [6, 6.07) is 0. The molecule has 0 aromatic carbocycles. The summed E-state index contributed by atoms with van der Waals surface area (Å²) in [4.78, 5) is 133. The van der Waals surface area contributed by atoms with Gasteiger partial charge in [0.15, 0.2) is 6.29 Å². The molecule has 0 aromatic rings. The normalized spacial score (nSPS) is 11.5. The Hall–Kier alpha value is -5.91. The highest BCUT2D eigenvalue weighted by atomic mass is 16.6. The van der Waals surface area contributed by atoms with Crippen LogP contribution in [0.5, 0.6) is 0 Å².